The zero-order valence-electron chi connectivity index (χ0n) is 16.8. The molecule has 1 amide bonds. The largest absolute Gasteiger partial charge is 0.417 e. The minimum Gasteiger partial charge on any atom is -0.354 e. The molecule has 3 aromatic heterocycles. The Bertz CT molecular complexity index is 1050. The summed E-state index contributed by atoms with van der Waals surface area (Å²) in [5.41, 5.74) is 1.68. The molecule has 0 aliphatic heterocycles. The van der Waals surface area contributed by atoms with E-state index in [0.717, 1.165) is 17.5 Å². The molecule has 3 heterocycles. The third-order valence-corrected chi connectivity index (χ3v) is 4.58. The van der Waals surface area contributed by atoms with Gasteiger partial charge in [0.2, 0.25) is 5.91 Å². The van der Waals surface area contributed by atoms with Crippen molar-refractivity contribution >= 4 is 16.9 Å². The van der Waals surface area contributed by atoms with E-state index < -0.39 is 11.7 Å². The fraction of sp³-hybridized carbons (Fsp3) is 0.474. The number of hydrogen-bond acceptors (Lipinski definition) is 4. The second kappa shape index (κ2) is 7.84. The van der Waals surface area contributed by atoms with E-state index in [1.165, 1.54) is 18.5 Å². The standard InChI is InChI=1S/C19H23F3N6O/c1-11-9-15(19(20,21)22)17-14(4)26-28(18(17)24-11)10-16(29)23-6-5-7-27-13(3)8-12(2)25-27/h8-9H,5-7,10H2,1-4H3,(H,23,29). The van der Waals surface area contributed by atoms with Crippen LogP contribution in [-0.2, 0) is 24.1 Å². The van der Waals surface area contributed by atoms with Gasteiger partial charge in [0.25, 0.3) is 0 Å². The van der Waals surface area contributed by atoms with Crippen LogP contribution in [0.25, 0.3) is 11.0 Å². The Morgan fingerprint density at radius 1 is 1.07 bits per heavy atom. The summed E-state index contributed by atoms with van der Waals surface area (Å²) in [7, 11) is 0. The summed E-state index contributed by atoms with van der Waals surface area (Å²) in [6.45, 7) is 7.75. The first-order valence-corrected chi connectivity index (χ1v) is 9.26. The lowest BCUT2D eigenvalue weighted by Crippen LogP contribution is -2.29. The minimum absolute atomic E-state index is 0.0626. The molecule has 3 rings (SSSR count). The summed E-state index contributed by atoms with van der Waals surface area (Å²) in [6.07, 6.45) is -3.84. The van der Waals surface area contributed by atoms with Crippen LogP contribution in [0.5, 0.6) is 0 Å². The lowest BCUT2D eigenvalue weighted by Gasteiger charge is -2.10. The van der Waals surface area contributed by atoms with Gasteiger partial charge in [-0.1, -0.05) is 0 Å². The number of nitrogens with one attached hydrogen (secondary N) is 1. The molecule has 0 aliphatic carbocycles. The molecule has 0 aromatic carbocycles. The van der Waals surface area contributed by atoms with Crippen molar-refractivity contribution in [2.45, 2.75) is 53.4 Å². The van der Waals surface area contributed by atoms with E-state index in [9.17, 15) is 18.0 Å². The van der Waals surface area contributed by atoms with Gasteiger partial charge in [-0.05, 0) is 46.2 Å². The molecule has 0 atom stereocenters. The first-order chi connectivity index (χ1) is 13.6. The summed E-state index contributed by atoms with van der Waals surface area (Å²) in [5.74, 6) is -0.334. The molecule has 0 aliphatic rings. The fourth-order valence-corrected chi connectivity index (χ4v) is 3.36. The molecule has 0 saturated carbocycles. The molecule has 3 aromatic rings. The van der Waals surface area contributed by atoms with Gasteiger partial charge in [-0.25, -0.2) is 9.67 Å². The maximum atomic E-state index is 13.4. The maximum Gasteiger partial charge on any atom is 0.417 e. The number of alkyl halides is 3. The summed E-state index contributed by atoms with van der Waals surface area (Å²) >= 11 is 0. The van der Waals surface area contributed by atoms with Crippen LogP contribution in [0.1, 0.15) is 34.8 Å². The Morgan fingerprint density at radius 2 is 1.79 bits per heavy atom. The molecule has 0 fully saturated rings. The van der Waals surface area contributed by atoms with Gasteiger partial charge in [-0.15, -0.1) is 0 Å². The molecule has 156 valence electrons. The van der Waals surface area contributed by atoms with Crippen molar-refractivity contribution < 1.29 is 18.0 Å². The SMILES string of the molecule is Cc1cc(C(F)(F)F)c2c(C)nn(CC(=O)NCCCn3nc(C)cc3C)c2n1. The molecule has 0 bridgehead atoms. The quantitative estimate of drug-likeness (QED) is 0.636. The zero-order valence-corrected chi connectivity index (χ0v) is 16.8. The van der Waals surface area contributed by atoms with E-state index in [0.29, 0.717) is 19.5 Å². The molecule has 10 heteroatoms. The van der Waals surface area contributed by atoms with Crippen LogP contribution in [0.4, 0.5) is 13.2 Å². The molecular weight excluding hydrogens is 385 g/mol. The summed E-state index contributed by atoms with van der Waals surface area (Å²) in [4.78, 5) is 16.5. The predicted octanol–water partition coefficient (Wildman–Crippen LogP) is 3.09. The van der Waals surface area contributed by atoms with Crippen LogP contribution < -0.4 is 5.32 Å². The summed E-state index contributed by atoms with van der Waals surface area (Å²) < 4.78 is 43.2. The van der Waals surface area contributed by atoms with Crippen molar-refractivity contribution in [1.29, 1.82) is 0 Å². The predicted molar refractivity (Wildman–Crippen MR) is 101 cm³/mol. The lowest BCUT2D eigenvalue weighted by molar-refractivity contribution is -0.136. The molecule has 0 radical (unpaired) electrons. The van der Waals surface area contributed by atoms with Crippen molar-refractivity contribution in [1.82, 2.24) is 29.9 Å². The fourth-order valence-electron chi connectivity index (χ4n) is 3.36. The number of aromatic nitrogens is 5. The van der Waals surface area contributed by atoms with E-state index in [2.05, 4.69) is 20.5 Å². The third-order valence-electron chi connectivity index (χ3n) is 4.58. The molecule has 29 heavy (non-hydrogen) atoms. The van der Waals surface area contributed by atoms with Crippen LogP contribution in [0.15, 0.2) is 12.1 Å². The van der Waals surface area contributed by atoms with Crippen molar-refractivity contribution in [3.8, 4) is 0 Å². The van der Waals surface area contributed by atoms with Crippen molar-refractivity contribution in [2.75, 3.05) is 6.54 Å². The number of hydrogen-bond donors (Lipinski definition) is 1. The monoisotopic (exact) mass is 408 g/mol. The second-order valence-electron chi connectivity index (χ2n) is 7.10. The van der Waals surface area contributed by atoms with Crippen LogP contribution in [-0.4, -0.2) is 37.0 Å². The van der Waals surface area contributed by atoms with E-state index in [1.54, 1.807) is 0 Å². The molecule has 0 spiro atoms. The lowest BCUT2D eigenvalue weighted by atomic mass is 10.1. The normalized spacial score (nSPS) is 12.0. The van der Waals surface area contributed by atoms with Gasteiger partial charge in [0.05, 0.1) is 22.3 Å². The first-order valence-electron chi connectivity index (χ1n) is 9.26. The van der Waals surface area contributed by atoms with E-state index >= 15 is 0 Å². The van der Waals surface area contributed by atoms with Gasteiger partial charge >= 0.3 is 6.18 Å². The van der Waals surface area contributed by atoms with E-state index in [-0.39, 0.29) is 34.9 Å². The van der Waals surface area contributed by atoms with Gasteiger partial charge in [-0.2, -0.15) is 23.4 Å². The Labute approximate surface area is 165 Å². The van der Waals surface area contributed by atoms with Crippen molar-refractivity contribution in [3.63, 3.8) is 0 Å². The summed E-state index contributed by atoms with van der Waals surface area (Å²) in [6, 6.07) is 2.98. The minimum atomic E-state index is -4.52. The molecule has 7 nitrogen and oxygen atoms in total. The number of nitrogens with zero attached hydrogens (tertiary/aromatic N) is 5. The van der Waals surface area contributed by atoms with Gasteiger partial charge in [0.15, 0.2) is 5.65 Å². The number of rotatable bonds is 6. The van der Waals surface area contributed by atoms with Gasteiger partial charge < -0.3 is 5.32 Å². The van der Waals surface area contributed by atoms with Crippen LogP contribution in [0.3, 0.4) is 0 Å². The highest BCUT2D eigenvalue weighted by Gasteiger charge is 2.35. The highest BCUT2D eigenvalue weighted by Crippen LogP contribution is 2.36. The van der Waals surface area contributed by atoms with Gasteiger partial charge in [0, 0.05) is 24.5 Å². The van der Waals surface area contributed by atoms with Crippen LogP contribution in [0.2, 0.25) is 0 Å². The topological polar surface area (TPSA) is 77.6 Å². The smallest absolute Gasteiger partial charge is 0.354 e. The summed E-state index contributed by atoms with van der Waals surface area (Å²) in [5, 5.41) is 11.2. The zero-order chi connectivity index (χ0) is 21.3. The number of fused-ring (bicyclic) bond motifs is 1. The Hall–Kier alpha value is -2.91. The van der Waals surface area contributed by atoms with E-state index in [4.69, 9.17) is 0 Å². The molecule has 0 saturated heterocycles. The highest BCUT2D eigenvalue weighted by atomic mass is 19.4. The third kappa shape index (κ3) is 4.57. The number of pyridine rings is 1. The number of carbonyl (C=O) groups excluding carboxylic acids is 1. The average Bonchev–Trinajstić information content (AvgIpc) is 3.09. The Morgan fingerprint density at radius 3 is 2.41 bits per heavy atom. The average molecular weight is 408 g/mol. The molecular formula is C19H23F3N6O. The van der Waals surface area contributed by atoms with Crippen molar-refractivity contribution in [2.24, 2.45) is 0 Å². The number of halogens is 3. The van der Waals surface area contributed by atoms with Crippen LogP contribution in [0, 0.1) is 27.7 Å². The van der Waals surface area contributed by atoms with Crippen molar-refractivity contribution in [3.05, 3.63) is 40.5 Å². The number of aryl methyl sites for hydroxylation is 5. The van der Waals surface area contributed by atoms with Gasteiger partial charge in [0.1, 0.15) is 6.54 Å². The molecule has 1 N–H and O–H groups in total. The maximum absolute atomic E-state index is 13.4. The second-order valence-corrected chi connectivity index (χ2v) is 7.10. The van der Waals surface area contributed by atoms with E-state index in [1.807, 2.05) is 24.6 Å². The number of amides is 1. The first kappa shape index (κ1) is 20.8. The highest BCUT2D eigenvalue weighted by molar-refractivity contribution is 5.85. The number of carbonyl (C=O) groups is 1. The van der Waals surface area contributed by atoms with Gasteiger partial charge in [-0.3, -0.25) is 9.48 Å². The Kier molecular flexibility index (Phi) is 5.63. The Balaban J connectivity index is 1.67. The molecule has 0 unspecified atom stereocenters. The van der Waals surface area contributed by atoms with Crippen LogP contribution >= 0.6 is 0 Å².